The zero-order valence-electron chi connectivity index (χ0n) is 19.2. The van der Waals surface area contributed by atoms with E-state index in [9.17, 15) is 13.2 Å². The number of hydrogen-bond acceptors (Lipinski definition) is 6. The molecule has 8 nitrogen and oxygen atoms in total. The van der Waals surface area contributed by atoms with Gasteiger partial charge in [0.2, 0.25) is 16.8 Å². The Hall–Kier alpha value is -2.95. The summed E-state index contributed by atoms with van der Waals surface area (Å²) in [6.45, 7) is 9.27. The number of aromatic nitrogens is 1. The first-order valence-electron chi connectivity index (χ1n) is 11.1. The fraction of sp³-hybridized carbons (Fsp3) is 0.333. The predicted octanol–water partition coefficient (Wildman–Crippen LogP) is 4.17. The second kappa shape index (κ2) is 10.1. The van der Waals surface area contributed by atoms with Crippen molar-refractivity contribution in [3.8, 4) is 11.5 Å². The monoisotopic (exact) mass is 501 g/mol. The molecule has 0 N–H and O–H groups in total. The van der Waals surface area contributed by atoms with Crippen LogP contribution in [-0.4, -0.2) is 43.1 Å². The van der Waals surface area contributed by atoms with Gasteiger partial charge in [-0.3, -0.25) is 4.79 Å². The summed E-state index contributed by atoms with van der Waals surface area (Å²) in [4.78, 5) is 17.9. The van der Waals surface area contributed by atoms with Crippen molar-refractivity contribution in [3.05, 3.63) is 59.4 Å². The van der Waals surface area contributed by atoms with E-state index in [-0.39, 0.29) is 11.7 Å². The zero-order valence-corrected chi connectivity index (χ0v) is 20.8. The van der Waals surface area contributed by atoms with Crippen molar-refractivity contribution < 1.29 is 22.7 Å². The van der Waals surface area contributed by atoms with E-state index in [1.54, 1.807) is 6.08 Å². The fourth-order valence-corrected chi connectivity index (χ4v) is 6.44. The molecule has 1 aliphatic heterocycles. The van der Waals surface area contributed by atoms with Crippen LogP contribution in [0.5, 0.6) is 11.5 Å². The van der Waals surface area contributed by atoms with Gasteiger partial charge in [0, 0.05) is 37.3 Å². The standard InChI is InChI=1S/C24H27N3O5S2/c1-4-11-26(12-5-2)34(29,30)18-9-7-17(8-10-18)23(28)25-24-27(13-6-3)19-14-20-21(32-16-31-20)15-22(19)33-24/h6-10,14-15H,3-5,11-13,16H2,1-2H3. The van der Waals surface area contributed by atoms with Crippen LogP contribution in [0.15, 0.2) is 58.9 Å². The lowest BCUT2D eigenvalue weighted by Gasteiger charge is -2.21. The molecule has 0 saturated carbocycles. The number of rotatable bonds is 9. The number of nitrogens with zero attached hydrogens (tertiary/aromatic N) is 3. The van der Waals surface area contributed by atoms with Crippen molar-refractivity contribution in [2.45, 2.75) is 38.1 Å². The SMILES string of the molecule is C=CCn1c(=NC(=O)c2ccc(S(=O)(=O)N(CCC)CCC)cc2)sc2cc3c(cc21)OCO3. The second-order valence-electron chi connectivity index (χ2n) is 7.80. The van der Waals surface area contributed by atoms with Gasteiger partial charge in [-0.05, 0) is 37.1 Å². The van der Waals surface area contributed by atoms with Crippen molar-refractivity contribution in [1.29, 1.82) is 0 Å². The Morgan fingerprint density at radius 3 is 2.41 bits per heavy atom. The van der Waals surface area contributed by atoms with E-state index in [0.29, 0.717) is 41.5 Å². The molecule has 0 unspecified atom stereocenters. The lowest BCUT2D eigenvalue weighted by atomic mass is 10.2. The fourth-order valence-electron chi connectivity index (χ4n) is 3.77. The van der Waals surface area contributed by atoms with E-state index >= 15 is 0 Å². The number of carbonyl (C=O) groups excluding carboxylic acids is 1. The molecule has 10 heteroatoms. The molecule has 0 radical (unpaired) electrons. The first kappa shape index (κ1) is 24.2. The first-order chi connectivity index (χ1) is 16.4. The largest absolute Gasteiger partial charge is 0.454 e. The summed E-state index contributed by atoms with van der Waals surface area (Å²) in [6.07, 6.45) is 3.20. The van der Waals surface area contributed by atoms with Gasteiger partial charge in [0.25, 0.3) is 5.91 Å². The van der Waals surface area contributed by atoms with Gasteiger partial charge in [-0.25, -0.2) is 8.42 Å². The summed E-state index contributed by atoms with van der Waals surface area (Å²) < 4.78 is 41.2. The van der Waals surface area contributed by atoms with Crippen LogP contribution in [0.2, 0.25) is 0 Å². The van der Waals surface area contributed by atoms with E-state index < -0.39 is 15.9 Å². The average Bonchev–Trinajstić information content (AvgIpc) is 3.41. The molecular formula is C24H27N3O5S2. The normalized spacial score (nSPS) is 13.7. The Balaban J connectivity index is 1.67. The Kier molecular flexibility index (Phi) is 7.20. The van der Waals surface area contributed by atoms with E-state index in [1.165, 1.54) is 39.9 Å². The molecule has 34 heavy (non-hydrogen) atoms. The number of ether oxygens (including phenoxy) is 2. The van der Waals surface area contributed by atoms with Gasteiger partial charge in [-0.2, -0.15) is 9.30 Å². The van der Waals surface area contributed by atoms with Crippen molar-refractivity contribution in [2.24, 2.45) is 4.99 Å². The highest BCUT2D eigenvalue weighted by molar-refractivity contribution is 7.89. The van der Waals surface area contributed by atoms with Crippen molar-refractivity contribution in [2.75, 3.05) is 19.9 Å². The number of carbonyl (C=O) groups is 1. The average molecular weight is 502 g/mol. The summed E-state index contributed by atoms with van der Waals surface area (Å²) in [5.41, 5.74) is 1.18. The van der Waals surface area contributed by atoms with Gasteiger partial charge in [0.15, 0.2) is 16.3 Å². The Morgan fingerprint density at radius 1 is 1.15 bits per heavy atom. The second-order valence-corrected chi connectivity index (χ2v) is 10.7. The van der Waals surface area contributed by atoms with Crippen LogP contribution < -0.4 is 14.3 Å². The number of thiazole rings is 1. The molecule has 0 spiro atoms. The highest BCUT2D eigenvalue weighted by Crippen LogP contribution is 2.37. The summed E-state index contributed by atoms with van der Waals surface area (Å²) in [6, 6.07) is 9.71. The third kappa shape index (κ3) is 4.66. The van der Waals surface area contributed by atoms with Crippen LogP contribution in [0, 0.1) is 0 Å². The van der Waals surface area contributed by atoms with Gasteiger partial charge in [-0.15, -0.1) is 6.58 Å². The number of amides is 1. The van der Waals surface area contributed by atoms with Crippen molar-refractivity contribution in [3.63, 3.8) is 0 Å². The van der Waals surface area contributed by atoms with Crippen LogP contribution in [0.4, 0.5) is 0 Å². The van der Waals surface area contributed by atoms with E-state index in [2.05, 4.69) is 11.6 Å². The molecule has 0 saturated heterocycles. The predicted molar refractivity (Wildman–Crippen MR) is 132 cm³/mol. The van der Waals surface area contributed by atoms with Crippen LogP contribution in [0.3, 0.4) is 0 Å². The summed E-state index contributed by atoms with van der Waals surface area (Å²) >= 11 is 1.36. The Bertz CT molecular complexity index is 1380. The molecule has 3 aromatic rings. The maximum atomic E-state index is 13.0. The molecule has 4 rings (SSSR count). The number of hydrogen-bond donors (Lipinski definition) is 0. The molecule has 0 fully saturated rings. The molecule has 0 atom stereocenters. The van der Waals surface area contributed by atoms with E-state index in [4.69, 9.17) is 9.47 Å². The van der Waals surface area contributed by atoms with E-state index in [1.807, 2.05) is 30.5 Å². The zero-order chi connectivity index (χ0) is 24.3. The maximum Gasteiger partial charge on any atom is 0.279 e. The number of benzene rings is 2. The van der Waals surface area contributed by atoms with E-state index in [0.717, 1.165) is 23.1 Å². The summed E-state index contributed by atoms with van der Waals surface area (Å²) in [5.74, 6) is 0.861. The molecule has 2 heterocycles. The minimum absolute atomic E-state index is 0.170. The van der Waals surface area contributed by atoms with Crippen LogP contribution in [-0.2, 0) is 16.6 Å². The van der Waals surface area contributed by atoms with Crippen LogP contribution in [0.25, 0.3) is 10.2 Å². The van der Waals surface area contributed by atoms with Gasteiger partial charge in [-0.1, -0.05) is 31.3 Å². The molecule has 1 aromatic heterocycles. The number of sulfonamides is 1. The molecule has 0 aliphatic carbocycles. The summed E-state index contributed by atoms with van der Waals surface area (Å²) in [5, 5.41) is 0. The van der Waals surface area contributed by atoms with Crippen molar-refractivity contribution in [1.82, 2.24) is 8.87 Å². The third-order valence-corrected chi connectivity index (χ3v) is 8.33. The first-order valence-corrected chi connectivity index (χ1v) is 13.4. The summed E-state index contributed by atoms with van der Waals surface area (Å²) in [7, 11) is -3.61. The van der Waals surface area contributed by atoms with Crippen LogP contribution in [0.1, 0.15) is 37.0 Å². The highest BCUT2D eigenvalue weighted by Gasteiger charge is 2.23. The van der Waals surface area contributed by atoms with Crippen LogP contribution >= 0.6 is 11.3 Å². The quantitative estimate of drug-likeness (QED) is 0.411. The lowest BCUT2D eigenvalue weighted by molar-refractivity contribution is 0.0997. The van der Waals surface area contributed by atoms with Gasteiger partial charge in [0.1, 0.15) is 0 Å². The molecule has 1 amide bonds. The topological polar surface area (TPSA) is 90.2 Å². The smallest absolute Gasteiger partial charge is 0.279 e. The minimum atomic E-state index is -3.61. The van der Waals surface area contributed by atoms with Gasteiger partial charge < -0.3 is 14.0 Å². The molecule has 0 bridgehead atoms. The molecule has 2 aromatic carbocycles. The molecular weight excluding hydrogens is 474 g/mol. The maximum absolute atomic E-state index is 13.0. The molecule has 180 valence electrons. The minimum Gasteiger partial charge on any atom is -0.454 e. The Morgan fingerprint density at radius 2 is 1.79 bits per heavy atom. The van der Waals surface area contributed by atoms with Crippen molar-refractivity contribution >= 4 is 37.5 Å². The Labute approximate surface area is 202 Å². The highest BCUT2D eigenvalue weighted by atomic mass is 32.2. The number of fused-ring (bicyclic) bond motifs is 2. The molecule has 1 aliphatic rings. The lowest BCUT2D eigenvalue weighted by Crippen LogP contribution is -2.32. The van der Waals surface area contributed by atoms with Gasteiger partial charge in [0.05, 0.1) is 15.1 Å². The third-order valence-electron chi connectivity index (χ3n) is 5.37. The number of allylic oxidation sites excluding steroid dienone is 1. The van der Waals surface area contributed by atoms with Gasteiger partial charge >= 0.3 is 0 Å².